The monoisotopic (exact) mass is 312 g/mol. The highest BCUT2D eigenvalue weighted by molar-refractivity contribution is 5.67. The Morgan fingerprint density at radius 2 is 2.05 bits per heavy atom. The molecule has 8 heteroatoms. The zero-order valence-electron chi connectivity index (χ0n) is 13.0. The van der Waals surface area contributed by atoms with Gasteiger partial charge in [0.25, 0.3) is 0 Å². The summed E-state index contributed by atoms with van der Waals surface area (Å²) in [6.45, 7) is 5.42. The van der Waals surface area contributed by atoms with Crippen molar-refractivity contribution in [3.8, 4) is 0 Å². The third kappa shape index (κ3) is 5.74. The third-order valence-electron chi connectivity index (χ3n) is 2.78. The van der Waals surface area contributed by atoms with Crippen molar-refractivity contribution in [3.63, 3.8) is 0 Å². The van der Waals surface area contributed by atoms with E-state index in [4.69, 9.17) is 16.2 Å². The molecule has 124 valence electrons. The summed E-state index contributed by atoms with van der Waals surface area (Å²) in [6, 6.07) is 1.46. The van der Waals surface area contributed by atoms with E-state index in [1.807, 2.05) is 0 Å². The van der Waals surface area contributed by atoms with Gasteiger partial charge in [-0.2, -0.15) is 0 Å². The topological polar surface area (TPSA) is 144 Å². The molecule has 1 heterocycles. The average Bonchev–Trinajstić information content (AvgIpc) is 2.38. The van der Waals surface area contributed by atoms with Crippen LogP contribution < -0.4 is 16.8 Å². The first kappa shape index (κ1) is 18.0. The maximum Gasteiger partial charge on any atom is 0.407 e. The number of nitrogens with zero attached hydrogens (tertiary/aromatic N) is 1. The lowest BCUT2D eigenvalue weighted by atomic mass is 10.0. The number of aliphatic hydroxyl groups is 2. The highest BCUT2D eigenvalue weighted by Gasteiger charge is 2.20. The second kappa shape index (κ2) is 7.28. The molecule has 0 aliphatic carbocycles. The molecule has 1 aromatic rings. The van der Waals surface area contributed by atoms with Crippen LogP contribution in [0.25, 0.3) is 0 Å². The molecule has 0 spiro atoms. The van der Waals surface area contributed by atoms with E-state index in [0.29, 0.717) is 5.56 Å². The summed E-state index contributed by atoms with van der Waals surface area (Å²) in [5, 5.41) is 22.5. The molecule has 0 saturated carbocycles. The van der Waals surface area contributed by atoms with Crippen molar-refractivity contribution in [2.45, 2.75) is 45.0 Å². The first-order valence-corrected chi connectivity index (χ1v) is 6.94. The minimum absolute atomic E-state index is 0.144. The normalized spacial score (nSPS) is 14.2. The van der Waals surface area contributed by atoms with Gasteiger partial charge in [-0.1, -0.05) is 0 Å². The molecule has 8 nitrogen and oxygen atoms in total. The number of rotatable bonds is 5. The molecular formula is C14H24N4O4. The molecule has 1 aromatic heterocycles. The molecule has 7 N–H and O–H groups in total. The van der Waals surface area contributed by atoms with Crippen LogP contribution in [0.1, 0.15) is 38.9 Å². The second-order valence-corrected chi connectivity index (χ2v) is 5.97. The predicted molar refractivity (Wildman–Crippen MR) is 82.9 cm³/mol. The molecule has 0 bridgehead atoms. The molecule has 0 saturated heterocycles. The summed E-state index contributed by atoms with van der Waals surface area (Å²) in [6.07, 6.45) is -1.34. The van der Waals surface area contributed by atoms with Gasteiger partial charge in [0.1, 0.15) is 17.5 Å². The number of hydrogen-bond donors (Lipinski definition) is 5. The highest BCUT2D eigenvalue weighted by atomic mass is 16.6. The van der Waals surface area contributed by atoms with Crippen LogP contribution in [0.2, 0.25) is 0 Å². The quantitative estimate of drug-likeness (QED) is 0.534. The number of aromatic nitrogens is 1. The van der Waals surface area contributed by atoms with Crippen LogP contribution in [0, 0.1) is 0 Å². The van der Waals surface area contributed by atoms with Crippen molar-refractivity contribution in [1.82, 2.24) is 10.3 Å². The zero-order chi connectivity index (χ0) is 16.9. The van der Waals surface area contributed by atoms with E-state index >= 15 is 0 Å². The van der Waals surface area contributed by atoms with E-state index in [1.54, 1.807) is 20.8 Å². The van der Waals surface area contributed by atoms with Crippen molar-refractivity contribution in [1.29, 1.82) is 0 Å². The van der Waals surface area contributed by atoms with Crippen LogP contribution in [0.15, 0.2) is 12.3 Å². The Morgan fingerprint density at radius 3 is 2.59 bits per heavy atom. The summed E-state index contributed by atoms with van der Waals surface area (Å²) in [5.74, 6) is 0.164. The molecule has 22 heavy (non-hydrogen) atoms. The van der Waals surface area contributed by atoms with Gasteiger partial charge in [0.2, 0.25) is 0 Å². The number of aliphatic hydroxyl groups excluding tert-OH is 2. The van der Waals surface area contributed by atoms with Crippen LogP contribution >= 0.6 is 0 Å². The van der Waals surface area contributed by atoms with Crippen LogP contribution in [0.5, 0.6) is 0 Å². The number of nitrogen functional groups attached to an aromatic ring is 2. The van der Waals surface area contributed by atoms with E-state index in [0.717, 1.165) is 0 Å². The molecule has 1 amide bonds. The number of anilines is 2. The predicted octanol–water partition coefficient (Wildman–Crippen LogP) is 0.555. The lowest BCUT2D eigenvalue weighted by molar-refractivity contribution is 0.0122. The molecule has 0 radical (unpaired) electrons. The van der Waals surface area contributed by atoms with Crippen molar-refractivity contribution < 1.29 is 19.7 Å². The fourth-order valence-corrected chi connectivity index (χ4v) is 1.69. The van der Waals surface area contributed by atoms with Gasteiger partial charge in [0.05, 0.1) is 11.8 Å². The molecule has 2 unspecified atom stereocenters. The minimum Gasteiger partial charge on any atom is -0.444 e. The summed E-state index contributed by atoms with van der Waals surface area (Å²) >= 11 is 0. The van der Waals surface area contributed by atoms with Gasteiger partial charge in [-0.05, 0) is 33.3 Å². The van der Waals surface area contributed by atoms with Crippen molar-refractivity contribution in [2.24, 2.45) is 0 Å². The van der Waals surface area contributed by atoms with Gasteiger partial charge in [0.15, 0.2) is 0 Å². The Balaban J connectivity index is 2.46. The summed E-state index contributed by atoms with van der Waals surface area (Å²) in [4.78, 5) is 15.3. The number of amides is 1. The first-order chi connectivity index (χ1) is 10.1. The standard InChI is InChI=1S/C14H24N4O4/c1-14(2,3)22-13(21)17-5-4-10(19)11(20)8-6-9(15)12(16)18-7-8/h6-7,10-11,19-20H,4-5,15H2,1-3H3,(H2,16,18)(H,17,21). The number of nitrogens with one attached hydrogen (secondary N) is 1. The van der Waals surface area contributed by atoms with Gasteiger partial charge >= 0.3 is 6.09 Å². The van der Waals surface area contributed by atoms with Gasteiger partial charge < -0.3 is 31.7 Å². The SMILES string of the molecule is CC(C)(C)OC(=O)NCCC(O)C(O)c1cnc(N)c(N)c1. The van der Waals surface area contributed by atoms with Crippen LogP contribution in [0.4, 0.5) is 16.3 Å². The van der Waals surface area contributed by atoms with Crippen molar-refractivity contribution >= 4 is 17.6 Å². The number of alkyl carbamates (subject to hydrolysis) is 1. The fourth-order valence-electron chi connectivity index (χ4n) is 1.69. The molecule has 0 aliphatic heterocycles. The van der Waals surface area contributed by atoms with Crippen LogP contribution in [0.3, 0.4) is 0 Å². The molecule has 0 aliphatic rings. The summed E-state index contributed by atoms with van der Waals surface area (Å²) < 4.78 is 5.06. The number of carbonyl (C=O) groups is 1. The molecular weight excluding hydrogens is 288 g/mol. The number of hydrogen-bond acceptors (Lipinski definition) is 7. The molecule has 0 fully saturated rings. The third-order valence-corrected chi connectivity index (χ3v) is 2.78. The highest BCUT2D eigenvalue weighted by Crippen LogP contribution is 2.22. The van der Waals surface area contributed by atoms with E-state index in [1.165, 1.54) is 12.3 Å². The van der Waals surface area contributed by atoms with Gasteiger partial charge in [-0.25, -0.2) is 9.78 Å². The average molecular weight is 312 g/mol. The summed E-state index contributed by atoms with van der Waals surface area (Å²) in [5.41, 5.74) is 11.1. The largest absolute Gasteiger partial charge is 0.444 e. The summed E-state index contributed by atoms with van der Waals surface area (Å²) in [7, 11) is 0. The number of pyridine rings is 1. The van der Waals surface area contributed by atoms with Gasteiger partial charge in [0, 0.05) is 18.3 Å². The first-order valence-electron chi connectivity index (χ1n) is 6.94. The smallest absolute Gasteiger partial charge is 0.407 e. The van der Waals surface area contributed by atoms with E-state index in [-0.39, 0.29) is 24.5 Å². The Kier molecular flexibility index (Phi) is 5.95. The Morgan fingerprint density at radius 1 is 1.41 bits per heavy atom. The van der Waals surface area contributed by atoms with E-state index in [9.17, 15) is 15.0 Å². The molecule has 0 aromatic carbocycles. The Hall–Kier alpha value is -2.06. The van der Waals surface area contributed by atoms with Crippen molar-refractivity contribution in [2.75, 3.05) is 18.0 Å². The number of nitrogens with two attached hydrogens (primary N) is 2. The van der Waals surface area contributed by atoms with Crippen LogP contribution in [-0.4, -0.2) is 39.5 Å². The molecule has 2 atom stereocenters. The lowest BCUT2D eigenvalue weighted by Crippen LogP contribution is -2.34. The zero-order valence-corrected chi connectivity index (χ0v) is 13.0. The number of ether oxygens (including phenoxy) is 1. The molecule has 1 rings (SSSR count). The van der Waals surface area contributed by atoms with Gasteiger partial charge in [-0.3, -0.25) is 0 Å². The van der Waals surface area contributed by atoms with Crippen molar-refractivity contribution in [3.05, 3.63) is 17.8 Å². The second-order valence-electron chi connectivity index (χ2n) is 5.97. The lowest BCUT2D eigenvalue weighted by Gasteiger charge is -2.21. The van der Waals surface area contributed by atoms with E-state index in [2.05, 4.69) is 10.3 Å². The minimum atomic E-state index is -1.17. The van der Waals surface area contributed by atoms with Crippen LogP contribution in [-0.2, 0) is 4.74 Å². The van der Waals surface area contributed by atoms with Gasteiger partial charge in [-0.15, -0.1) is 0 Å². The number of carbonyl (C=O) groups excluding carboxylic acids is 1. The maximum atomic E-state index is 11.4. The Bertz CT molecular complexity index is 516. The van der Waals surface area contributed by atoms with E-state index < -0.39 is 23.9 Å². The Labute approximate surface area is 129 Å². The maximum absolute atomic E-state index is 11.4. The fraction of sp³-hybridized carbons (Fsp3) is 0.571.